The molecule has 0 fully saturated rings. The maximum atomic E-state index is 13.1. The van der Waals surface area contributed by atoms with Crippen molar-refractivity contribution in [3.8, 4) is 0 Å². The number of carboxylic acid groups (broad SMARTS) is 1. The Morgan fingerprint density at radius 2 is 1.48 bits per heavy atom. The van der Waals surface area contributed by atoms with Crippen molar-refractivity contribution < 1.29 is 19.5 Å². The van der Waals surface area contributed by atoms with Gasteiger partial charge in [0.05, 0.1) is 23.2 Å². The van der Waals surface area contributed by atoms with Gasteiger partial charge in [-0.15, -0.1) is 0 Å². The van der Waals surface area contributed by atoms with Crippen molar-refractivity contribution in [2.24, 2.45) is 5.41 Å². The molecular weight excluding hydrogens is 368 g/mol. The van der Waals surface area contributed by atoms with E-state index in [0.29, 0.717) is 24.0 Å². The zero-order chi connectivity index (χ0) is 21.2. The van der Waals surface area contributed by atoms with E-state index in [1.165, 1.54) is 4.90 Å². The van der Waals surface area contributed by atoms with E-state index < -0.39 is 23.6 Å². The summed E-state index contributed by atoms with van der Waals surface area (Å²) in [6.45, 7) is 5.71. The quantitative estimate of drug-likeness (QED) is 0.726. The van der Waals surface area contributed by atoms with Crippen LogP contribution in [0.4, 0.5) is 4.79 Å². The molecule has 0 aliphatic carbocycles. The van der Waals surface area contributed by atoms with Crippen molar-refractivity contribution in [2.75, 3.05) is 0 Å². The van der Waals surface area contributed by atoms with Crippen LogP contribution in [0, 0.1) is 5.41 Å². The van der Waals surface area contributed by atoms with Gasteiger partial charge in [0, 0.05) is 0 Å². The maximum absolute atomic E-state index is 13.1. The number of imide groups is 1. The van der Waals surface area contributed by atoms with E-state index in [0.717, 1.165) is 5.56 Å². The predicted octanol–water partition coefficient (Wildman–Crippen LogP) is 3.97. The number of carbonyl (C=O) groups excluding carboxylic acids is 2. The summed E-state index contributed by atoms with van der Waals surface area (Å²) in [7, 11) is 0. The number of nitrogens with one attached hydrogen (secondary N) is 1. The number of amides is 3. The molecule has 0 aromatic heterocycles. The molecule has 6 nitrogen and oxygen atoms in total. The minimum absolute atomic E-state index is 0.366. The number of hydrogen-bond acceptors (Lipinski definition) is 3. The molecule has 2 atom stereocenters. The Morgan fingerprint density at radius 1 is 0.966 bits per heavy atom. The minimum Gasteiger partial charge on any atom is -0.465 e. The summed E-state index contributed by atoms with van der Waals surface area (Å²) in [4.78, 5) is 39.0. The summed E-state index contributed by atoms with van der Waals surface area (Å²) in [5.74, 6) is -0.741. The molecule has 0 saturated heterocycles. The van der Waals surface area contributed by atoms with E-state index >= 15 is 0 Å². The Labute approximate surface area is 170 Å². The van der Waals surface area contributed by atoms with Gasteiger partial charge >= 0.3 is 6.09 Å². The molecule has 0 spiro atoms. The summed E-state index contributed by atoms with van der Waals surface area (Å²) in [6, 6.07) is 15.3. The van der Waals surface area contributed by atoms with Crippen molar-refractivity contribution in [3.05, 3.63) is 71.3 Å². The Hall–Kier alpha value is -3.15. The minimum atomic E-state index is -1.17. The van der Waals surface area contributed by atoms with Crippen LogP contribution in [-0.2, 0) is 6.42 Å². The topological polar surface area (TPSA) is 86.7 Å². The molecule has 2 N–H and O–H groups in total. The molecule has 2 unspecified atom stereocenters. The molecule has 2 aromatic rings. The zero-order valence-electron chi connectivity index (χ0n) is 16.9. The van der Waals surface area contributed by atoms with Crippen LogP contribution in [0.1, 0.15) is 53.5 Å². The van der Waals surface area contributed by atoms with Crippen LogP contribution < -0.4 is 5.32 Å². The average Bonchev–Trinajstić information content (AvgIpc) is 2.92. The highest BCUT2D eigenvalue weighted by Gasteiger charge is 2.45. The lowest BCUT2D eigenvalue weighted by Gasteiger charge is -2.40. The van der Waals surface area contributed by atoms with Crippen molar-refractivity contribution in [3.63, 3.8) is 0 Å². The van der Waals surface area contributed by atoms with E-state index in [2.05, 4.69) is 5.32 Å². The summed E-state index contributed by atoms with van der Waals surface area (Å²) in [6.07, 6.45) is -0.101. The Kier molecular flexibility index (Phi) is 5.73. The van der Waals surface area contributed by atoms with Crippen LogP contribution in [-0.4, -0.2) is 40.0 Å². The molecule has 3 rings (SSSR count). The van der Waals surface area contributed by atoms with E-state index in [1.807, 2.05) is 51.1 Å². The summed E-state index contributed by atoms with van der Waals surface area (Å²) < 4.78 is 0. The monoisotopic (exact) mass is 394 g/mol. The highest BCUT2D eigenvalue weighted by atomic mass is 16.4. The van der Waals surface area contributed by atoms with Gasteiger partial charge in [-0.2, -0.15) is 0 Å². The molecule has 2 aromatic carbocycles. The zero-order valence-corrected chi connectivity index (χ0v) is 16.9. The van der Waals surface area contributed by atoms with Crippen molar-refractivity contribution >= 4 is 17.9 Å². The van der Waals surface area contributed by atoms with Crippen molar-refractivity contribution in [1.82, 2.24) is 10.2 Å². The largest absolute Gasteiger partial charge is 0.465 e. The first-order valence-corrected chi connectivity index (χ1v) is 9.70. The summed E-state index contributed by atoms with van der Waals surface area (Å²) >= 11 is 0. The number of aryl methyl sites for hydroxylation is 1. The second-order valence-corrected chi connectivity index (χ2v) is 8.41. The number of rotatable bonds is 6. The smallest absolute Gasteiger partial charge is 0.404 e. The summed E-state index contributed by atoms with van der Waals surface area (Å²) in [5, 5.41) is 12.0. The van der Waals surface area contributed by atoms with E-state index in [1.54, 1.807) is 24.3 Å². The fourth-order valence-corrected chi connectivity index (χ4v) is 3.94. The fourth-order valence-electron chi connectivity index (χ4n) is 3.94. The third kappa shape index (κ3) is 4.31. The van der Waals surface area contributed by atoms with Gasteiger partial charge in [-0.1, -0.05) is 63.2 Å². The normalized spacial score (nSPS) is 15.8. The van der Waals surface area contributed by atoms with Crippen LogP contribution in [0.3, 0.4) is 0 Å². The van der Waals surface area contributed by atoms with Crippen molar-refractivity contribution in [1.29, 1.82) is 0 Å². The van der Waals surface area contributed by atoms with E-state index in [4.69, 9.17) is 0 Å². The predicted molar refractivity (Wildman–Crippen MR) is 110 cm³/mol. The molecule has 1 aliphatic heterocycles. The third-order valence-electron chi connectivity index (χ3n) is 5.33. The second kappa shape index (κ2) is 8.07. The average molecular weight is 394 g/mol. The number of hydrogen-bond donors (Lipinski definition) is 2. The first-order chi connectivity index (χ1) is 13.7. The van der Waals surface area contributed by atoms with Gasteiger partial charge in [-0.25, -0.2) is 4.79 Å². The molecule has 1 heterocycles. The second-order valence-electron chi connectivity index (χ2n) is 8.41. The van der Waals surface area contributed by atoms with Gasteiger partial charge in [-0.05, 0) is 36.0 Å². The number of fused-ring (bicyclic) bond motifs is 1. The van der Waals surface area contributed by atoms with Gasteiger partial charge < -0.3 is 10.4 Å². The molecular formula is C23H26N2O4. The molecule has 0 bridgehead atoms. The number of nitrogens with zero attached hydrogens (tertiary/aromatic N) is 1. The van der Waals surface area contributed by atoms with Crippen LogP contribution in [0.25, 0.3) is 0 Å². The lowest BCUT2D eigenvalue weighted by molar-refractivity contribution is 0.0464. The Bertz CT molecular complexity index is 883. The molecule has 3 amide bonds. The van der Waals surface area contributed by atoms with Crippen LogP contribution in [0.5, 0.6) is 0 Å². The van der Waals surface area contributed by atoms with Gasteiger partial charge in [0.15, 0.2) is 0 Å². The molecule has 6 heteroatoms. The lowest BCUT2D eigenvalue weighted by atomic mass is 9.79. The Balaban J connectivity index is 1.99. The SMILES string of the molecule is CC(C)(C)C(NC(=O)O)C(CCc1ccccc1)N1C(=O)c2ccccc2C1=O. The molecule has 0 radical (unpaired) electrons. The van der Waals surface area contributed by atoms with Crippen LogP contribution >= 0.6 is 0 Å². The van der Waals surface area contributed by atoms with Gasteiger partial charge in [0.2, 0.25) is 0 Å². The van der Waals surface area contributed by atoms with Crippen LogP contribution in [0.15, 0.2) is 54.6 Å². The Morgan fingerprint density at radius 3 is 1.97 bits per heavy atom. The number of carbonyl (C=O) groups is 3. The van der Waals surface area contributed by atoms with Gasteiger partial charge in [0.25, 0.3) is 11.8 Å². The first-order valence-electron chi connectivity index (χ1n) is 9.70. The van der Waals surface area contributed by atoms with E-state index in [-0.39, 0.29) is 11.8 Å². The highest BCUT2D eigenvalue weighted by Crippen LogP contribution is 2.33. The van der Waals surface area contributed by atoms with Crippen molar-refractivity contribution in [2.45, 2.75) is 45.7 Å². The van der Waals surface area contributed by atoms with E-state index in [9.17, 15) is 19.5 Å². The standard InChI is InChI=1S/C23H26N2O4/c1-23(2,3)19(24-22(28)29)18(14-13-15-9-5-4-6-10-15)25-20(26)16-11-7-8-12-17(16)21(25)27/h4-12,18-19,24H,13-14H2,1-3H3,(H,28,29). The lowest BCUT2D eigenvalue weighted by Crippen LogP contribution is -2.58. The molecule has 152 valence electrons. The number of benzene rings is 2. The third-order valence-corrected chi connectivity index (χ3v) is 5.33. The van der Waals surface area contributed by atoms with Gasteiger partial charge in [0.1, 0.15) is 0 Å². The molecule has 0 saturated carbocycles. The summed E-state index contributed by atoms with van der Waals surface area (Å²) in [5.41, 5.74) is 1.29. The highest BCUT2D eigenvalue weighted by molar-refractivity contribution is 6.21. The van der Waals surface area contributed by atoms with Crippen LogP contribution in [0.2, 0.25) is 0 Å². The molecule has 1 aliphatic rings. The maximum Gasteiger partial charge on any atom is 0.404 e. The molecule has 29 heavy (non-hydrogen) atoms. The first kappa shape index (κ1) is 20.6. The van der Waals surface area contributed by atoms with Gasteiger partial charge in [-0.3, -0.25) is 14.5 Å². The fraction of sp³-hybridized carbons (Fsp3) is 0.348.